The Morgan fingerprint density at radius 2 is 2.20 bits per heavy atom. The summed E-state index contributed by atoms with van der Waals surface area (Å²) >= 11 is 11.0. The number of hydrogen-bond donors (Lipinski definition) is 2. The second-order valence-electron chi connectivity index (χ2n) is 4.09. The molecule has 0 bridgehead atoms. The molecule has 3 nitrogen and oxygen atoms in total. The zero-order valence-electron chi connectivity index (χ0n) is 10.9. The number of anilines is 1. The highest BCUT2D eigenvalue weighted by atomic mass is 79.9. The summed E-state index contributed by atoms with van der Waals surface area (Å²) in [6.07, 6.45) is 0. The normalized spacial score (nSPS) is 10.3. The van der Waals surface area contributed by atoms with E-state index in [0.717, 1.165) is 21.6 Å². The molecule has 1 heterocycles. The molecule has 2 rings (SSSR count). The van der Waals surface area contributed by atoms with Gasteiger partial charge in [0, 0.05) is 26.6 Å². The fourth-order valence-corrected chi connectivity index (χ4v) is 3.36. The molecule has 0 aliphatic carbocycles. The van der Waals surface area contributed by atoms with Gasteiger partial charge < -0.3 is 10.6 Å². The zero-order valence-corrected chi connectivity index (χ0v) is 14.0. The summed E-state index contributed by atoms with van der Waals surface area (Å²) in [4.78, 5) is 13.4. The molecule has 106 valence electrons. The van der Waals surface area contributed by atoms with Crippen molar-refractivity contribution in [3.8, 4) is 0 Å². The van der Waals surface area contributed by atoms with Gasteiger partial charge in [0.25, 0.3) is 5.91 Å². The molecular formula is C14H14BrClN2OS. The van der Waals surface area contributed by atoms with Gasteiger partial charge in [-0.25, -0.2) is 0 Å². The van der Waals surface area contributed by atoms with Crippen LogP contribution in [0.5, 0.6) is 0 Å². The first kappa shape index (κ1) is 15.4. The Kier molecular flexibility index (Phi) is 5.46. The molecule has 0 saturated carbocycles. The second-order valence-corrected chi connectivity index (χ2v) is 6.39. The highest BCUT2D eigenvalue weighted by Crippen LogP contribution is 2.23. The van der Waals surface area contributed by atoms with E-state index in [0.29, 0.717) is 17.1 Å². The number of thiophene rings is 1. The van der Waals surface area contributed by atoms with Crippen molar-refractivity contribution < 1.29 is 4.79 Å². The van der Waals surface area contributed by atoms with Gasteiger partial charge in [0.2, 0.25) is 0 Å². The molecule has 2 aromatic rings. The van der Waals surface area contributed by atoms with Crippen molar-refractivity contribution in [3.63, 3.8) is 0 Å². The van der Waals surface area contributed by atoms with E-state index in [-0.39, 0.29) is 5.91 Å². The lowest BCUT2D eigenvalue weighted by molar-refractivity contribution is 0.0952. The molecule has 1 aromatic heterocycles. The third-order valence-electron chi connectivity index (χ3n) is 2.69. The molecule has 1 amide bonds. The van der Waals surface area contributed by atoms with Gasteiger partial charge in [-0.15, -0.1) is 11.3 Å². The molecule has 20 heavy (non-hydrogen) atoms. The molecule has 0 unspecified atom stereocenters. The average Bonchev–Trinajstić information content (AvgIpc) is 2.84. The maximum atomic E-state index is 12.3. The van der Waals surface area contributed by atoms with Crippen LogP contribution in [-0.2, 0) is 6.54 Å². The lowest BCUT2D eigenvalue weighted by atomic mass is 10.1. The van der Waals surface area contributed by atoms with Gasteiger partial charge in [-0.2, -0.15) is 0 Å². The minimum atomic E-state index is -0.135. The first-order valence-corrected chi connectivity index (χ1v) is 8.20. The Morgan fingerprint density at radius 3 is 2.85 bits per heavy atom. The first-order valence-electron chi connectivity index (χ1n) is 6.15. The number of benzene rings is 1. The molecule has 6 heteroatoms. The van der Waals surface area contributed by atoms with Crippen LogP contribution in [0.2, 0.25) is 5.02 Å². The summed E-state index contributed by atoms with van der Waals surface area (Å²) in [5.74, 6) is -0.135. The number of hydrogen-bond acceptors (Lipinski definition) is 3. The third kappa shape index (κ3) is 3.75. The summed E-state index contributed by atoms with van der Waals surface area (Å²) in [5, 5.41) is 8.61. The lowest BCUT2D eigenvalue weighted by Crippen LogP contribution is -2.23. The quantitative estimate of drug-likeness (QED) is 0.808. The Morgan fingerprint density at radius 1 is 1.40 bits per heavy atom. The maximum absolute atomic E-state index is 12.3. The Labute approximate surface area is 135 Å². The smallest absolute Gasteiger partial charge is 0.253 e. The van der Waals surface area contributed by atoms with Crippen LogP contribution in [-0.4, -0.2) is 12.5 Å². The van der Waals surface area contributed by atoms with Crippen LogP contribution in [0.3, 0.4) is 0 Å². The first-order chi connectivity index (χ1) is 9.61. The van der Waals surface area contributed by atoms with Gasteiger partial charge in [-0.05, 0) is 52.5 Å². The fourth-order valence-electron chi connectivity index (χ4n) is 1.76. The number of carbonyl (C=O) groups excluding carboxylic acids is 1. The summed E-state index contributed by atoms with van der Waals surface area (Å²) in [6.45, 7) is 3.23. The SMILES string of the molecule is CCNc1ccc(Cl)cc1C(=O)NCc1sccc1Br. The van der Waals surface area contributed by atoms with Crippen molar-refractivity contribution in [2.75, 3.05) is 11.9 Å². The molecule has 0 aliphatic rings. The molecule has 0 aliphatic heterocycles. The summed E-state index contributed by atoms with van der Waals surface area (Å²) < 4.78 is 1.01. The van der Waals surface area contributed by atoms with E-state index in [1.165, 1.54) is 0 Å². The van der Waals surface area contributed by atoms with Crippen molar-refractivity contribution >= 4 is 50.5 Å². The van der Waals surface area contributed by atoms with Gasteiger partial charge in [-0.1, -0.05) is 11.6 Å². The van der Waals surface area contributed by atoms with Crippen molar-refractivity contribution in [3.05, 3.63) is 49.6 Å². The topological polar surface area (TPSA) is 41.1 Å². The van der Waals surface area contributed by atoms with Crippen LogP contribution in [0.1, 0.15) is 22.2 Å². The van der Waals surface area contributed by atoms with E-state index in [2.05, 4.69) is 26.6 Å². The van der Waals surface area contributed by atoms with Crippen LogP contribution < -0.4 is 10.6 Å². The van der Waals surface area contributed by atoms with E-state index in [4.69, 9.17) is 11.6 Å². The van der Waals surface area contributed by atoms with Crippen molar-refractivity contribution in [2.45, 2.75) is 13.5 Å². The summed E-state index contributed by atoms with van der Waals surface area (Å²) in [5.41, 5.74) is 1.35. The van der Waals surface area contributed by atoms with Gasteiger partial charge in [0.1, 0.15) is 0 Å². The Bertz CT molecular complexity index is 615. The van der Waals surface area contributed by atoms with Crippen molar-refractivity contribution in [1.82, 2.24) is 5.32 Å². The molecule has 1 aromatic carbocycles. The minimum Gasteiger partial charge on any atom is -0.385 e. The Hall–Kier alpha value is -1.04. The molecular weight excluding hydrogens is 360 g/mol. The minimum absolute atomic E-state index is 0.135. The van der Waals surface area contributed by atoms with Crippen LogP contribution in [0.15, 0.2) is 34.1 Å². The second kappa shape index (κ2) is 7.11. The molecule has 2 N–H and O–H groups in total. The summed E-state index contributed by atoms with van der Waals surface area (Å²) in [7, 11) is 0. The molecule has 0 fully saturated rings. The van der Waals surface area contributed by atoms with E-state index in [1.54, 1.807) is 23.5 Å². The van der Waals surface area contributed by atoms with Crippen LogP contribution in [0, 0.1) is 0 Å². The number of rotatable bonds is 5. The number of carbonyl (C=O) groups is 1. The van der Waals surface area contributed by atoms with Crippen molar-refractivity contribution in [2.24, 2.45) is 0 Å². The van der Waals surface area contributed by atoms with Crippen LogP contribution in [0.25, 0.3) is 0 Å². The molecule has 0 radical (unpaired) electrons. The van der Waals surface area contributed by atoms with Crippen LogP contribution >= 0.6 is 38.9 Å². The monoisotopic (exact) mass is 372 g/mol. The third-order valence-corrected chi connectivity index (χ3v) is 4.86. The summed E-state index contributed by atoms with van der Waals surface area (Å²) in [6, 6.07) is 7.24. The molecule has 0 saturated heterocycles. The van der Waals surface area contributed by atoms with E-state index in [1.807, 2.05) is 24.4 Å². The largest absolute Gasteiger partial charge is 0.385 e. The lowest BCUT2D eigenvalue weighted by Gasteiger charge is -2.11. The highest BCUT2D eigenvalue weighted by Gasteiger charge is 2.12. The zero-order chi connectivity index (χ0) is 14.5. The van der Waals surface area contributed by atoms with Gasteiger partial charge in [0.05, 0.1) is 12.1 Å². The highest BCUT2D eigenvalue weighted by molar-refractivity contribution is 9.10. The van der Waals surface area contributed by atoms with Gasteiger partial charge in [0.15, 0.2) is 0 Å². The maximum Gasteiger partial charge on any atom is 0.253 e. The number of nitrogens with one attached hydrogen (secondary N) is 2. The fraction of sp³-hybridized carbons (Fsp3) is 0.214. The molecule has 0 spiro atoms. The standard InChI is InChI=1S/C14H14BrClN2OS/c1-2-17-12-4-3-9(16)7-10(12)14(19)18-8-13-11(15)5-6-20-13/h3-7,17H,2,8H2,1H3,(H,18,19). The van der Waals surface area contributed by atoms with E-state index < -0.39 is 0 Å². The Balaban J connectivity index is 2.12. The number of halogens is 2. The van der Waals surface area contributed by atoms with E-state index >= 15 is 0 Å². The predicted molar refractivity (Wildman–Crippen MR) is 88.8 cm³/mol. The van der Waals surface area contributed by atoms with Gasteiger partial charge in [-0.3, -0.25) is 4.79 Å². The number of amides is 1. The van der Waals surface area contributed by atoms with Crippen LogP contribution in [0.4, 0.5) is 5.69 Å². The van der Waals surface area contributed by atoms with Crippen molar-refractivity contribution in [1.29, 1.82) is 0 Å². The van der Waals surface area contributed by atoms with Gasteiger partial charge >= 0.3 is 0 Å². The average molecular weight is 374 g/mol. The van der Waals surface area contributed by atoms with E-state index in [9.17, 15) is 4.79 Å². The predicted octanol–water partition coefficient (Wildman–Crippen LogP) is 4.53. The molecule has 0 atom stereocenters.